The van der Waals surface area contributed by atoms with Crippen LogP contribution in [0.2, 0.25) is 0 Å². The van der Waals surface area contributed by atoms with Gasteiger partial charge in [0.2, 0.25) is 5.52 Å². The second-order valence-electron chi connectivity index (χ2n) is 9.97. The highest BCUT2D eigenvalue weighted by molar-refractivity contribution is 8.04. The van der Waals surface area contributed by atoms with E-state index in [0.717, 1.165) is 25.9 Å². The maximum absolute atomic E-state index is 2.53. The standard InChI is InChI=1S/C32H25N2S2/c1-20(18-23-14-16-33-27-12-10-21-6-2-4-8-25(21)29(27)35-31(23)33)19-24-15-17-34-28-13-11-22-7-3-5-9-26(22)30(28)36-32(24)34/h2-13,18-19H,14-17H2,1H3/q+1. The lowest BCUT2D eigenvalue weighted by atomic mass is 10.1. The van der Waals surface area contributed by atoms with Crippen LogP contribution in [-0.2, 0) is 6.54 Å². The lowest BCUT2D eigenvalue weighted by molar-refractivity contribution is -0.659. The average molecular weight is 502 g/mol. The molecule has 0 unspecified atom stereocenters. The Bertz CT molecular complexity index is 1840. The number of thiazole rings is 1. The van der Waals surface area contributed by atoms with Gasteiger partial charge in [-0.15, -0.1) is 0 Å². The van der Waals surface area contributed by atoms with Crippen molar-refractivity contribution in [2.24, 2.45) is 0 Å². The van der Waals surface area contributed by atoms with Crippen LogP contribution in [0.1, 0.15) is 24.8 Å². The maximum atomic E-state index is 2.53. The van der Waals surface area contributed by atoms with Crippen molar-refractivity contribution in [3.05, 3.63) is 106 Å². The molecule has 2 nitrogen and oxygen atoms in total. The molecule has 174 valence electrons. The molecule has 0 spiro atoms. The fourth-order valence-electron chi connectivity index (χ4n) is 6.08. The van der Waals surface area contributed by atoms with Crippen molar-refractivity contribution < 1.29 is 4.57 Å². The summed E-state index contributed by atoms with van der Waals surface area (Å²) in [6.45, 7) is 4.43. The molecule has 0 fully saturated rings. The molecule has 5 aromatic rings. The fraction of sp³-hybridized carbons (Fsp3) is 0.156. The minimum Gasteiger partial charge on any atom is -0.334 e. The van der Waals surface area contributed by atoms with E-state index >= 15 is 0 Å². The number of nitrogens with zero attached hydrogens (tertiary/aromatic N) is 2. The molecule has 0 atom stereocenters. The minimum atomic E-state index is 1.08. The fourth-order valence-corrected chi connectivity index (χ4v) is 8.81. The zero-order valence-electron chi connectivity index (χ0n) is 20.1. The van der Waals surface area contributed by atoms with Crippen LogP contribution < -0.4 is 9.47 Å². The summed E-state index contributed by atoms with van der Waals surface area (Å²) in [6, 6.07) is 26.7. The Hall–Kier alpha value is -3.34. The Morgan fingerprint density at radius 2 is 1.67 bits per heavy atom. The molecule has 36 heavy (non-hydrogen) atoms. The van der Waals surface area contributed by atoms with Crippen molar-refractivity contribution in [1.29, 1.82) is 0 Å². The van der Waals surface area contributed by atoms with Crippen molar-refractivity contribution in [3.8, 4) is 0 Å². The molecular weight excluding hydrogens is 477 g/mol. The van der Waals surface area contributed by atoms with E-state index in [1.165, 1.54) is 69.1 Å². The van der Waals surface area contributed by atoms with Gasteiger partial charge < -0.3 is 4.90 Å². The summed E-state index contributed by atoms with van der Waals surface area (Å²) in [5, 5.41) is 8.25. The number of thioether (sulfide) groups is 1. The molecule has 4 aromatic carbocycles. The van der Waals surface area contributed by atoms with Crippen molar-refractivity contribution in [1.82, 2.24) is 0 Å². The Labute approximate surface area is 218 Å². The van der Waals surface area contributed by atoms with Gasteiger partial charge in [0.25, 0.3) is 5.01 Å². The summed E-state index contributed by atoms with van der Waals surface area (Å²) >= 11 is 3.92. The number of rotatable bonds is 2. The molecule has 1 aromatic heterocycles. The first kappa shape index (κ1) is 20.8. The Balaban J connectivity index is 1.17. The molecule has 0 amide bonds. The third-order valence-electron chi connectivity index (χ3n) is 7.75. The van der Waals surface area contributed by atoms with Gasteiger partial charge in [-0.1, -0.05) is 89.3 Å². The van der Waals surface area contributed by atoms with Gasteiger partial charge in [0.05, 0.1) is 10.7 Å². The molecular formula is C32H25N2S2+. The summed E-state index contributed by atoms with van der Waals surface area (Å²) in [5.41, 5.74) is 7.06. The van der Waals surface area contributed by atoms with Gasteiger partial charge in [-0.3, -0.25) is 0 Å². The van der Waals surface area contributed by atoms with E-state index in [2.05, 4.69) is 101 Å². The highest BCUT2D eigenvalue weighted by atomic mass is 32.2. The van der Waals surface area contributed by atoms with Crippen LogP contribution in [0.25, 0.3) is 37.3 Å². The zero-order chi connectivity index (χ0) is 23.8. The normalized spacial score (nSPS) is 18.2. The number of hydrogen-bond acceptors (Lipinski definition) is 3. The highest BCUT2D eigenvalue weighted by Gasteiger charge is 2.33. The molecule has 3 aliphatic rings. The van der Waals surface area contributed by atoms with Crippen molar-refractivity contribution in [2.75, 3.05) is 11.4 Å². The Kier molecular flexibility index (Phi) is 4.53. The van der Waals surface area contributed by atoms with Gasteiger partial charge in [-0.05, 0) is 53.3 Å². The lowest BCUT2D eigenvalue weighted by Gasteiger charge is -2.14. The predicted molar refractivity (Wildman–Crippen MR) is 155 cm³/mol. The van der Waals surface area contributed by atoms with Crippen molar-refractivity contribution >= 4 is 66.1 Å². The van der Waals surface area contributed by atoms with Crippen molar-refractivity contribution in [3.63, 3.8) is 0 Å². The number of benzene rings is 4. The van der Waals surface area contributed by atoms with Crippen LogP contribution in [0.15, 0.2) is 106 Å². The molecule has 4 heterocycles. The zero-order valence-corrected chi connectivity index (χ0v) is 21.8. The third kappa shape index (κ3) is 3.01. The molecule has 0 saturated heterocycles. The average Bonchev–Trinajstić information content (AvgIpc) is 3.66. The van der Waals surface area contributed by atoms with Crippen molar-refractivity contribution in [2.45, 2.75) is 31.2 Å². The second kappa shape index (κ2) is 7.83. The second-order valence-corrected chi connectivity index (χ2v) is 12.0. The van der Waals surface area contributed by atoms with Crippen LogP contribution in [-0.4, -0.2) is 6.54 Å². The van der Waals surface area contributed by atoms with E-state index in [1.54, 1.807) is 0 Å². The van der Waals surface area contributed by atoms with Gasteiger partial charge in [0.1, 0.15) is 4.70 Å². The van der Waals surface area contributed by atoms with Gasteiger partial charge in [-0.2, -0.15) is 4.57 Å². The number of fused-ring (bicyclic) bond motifs is 10. The minimum absolute atomic E-state index is 1.08. The number of anilines is 1. The first-order valence-corrected chi connectivity index (χ1v) is 14.3. The smallest absolute Gasteiger partial charge is 0.266 e. The van der Waals surface area contributed by atoms with Gasteiger partial charge in [0.15, 0.2) is 6.54 Å². The summed E-state index contributed by atoms with van der Waals surface area (Å²) in [4.78, 5) is 3.94. The number of hydrogen-bond donors (Lipinski definition) is 0. The number of aryl methyl sites for hydroxylation is 1. The van der Waals surface area contributed by atoms with Gasteiger partial charge in [0, 0.05) is 34.9 Å². The number of aromatic nitrogens is 1. The highest BCUT2D eigenvalue weighted by Crippen LogP contribution is 2.53. The maximum Gasteiger partial charge on any atom is 0.266 e. The first-order chi connectivity index (χ1) is 17.7. The van der Waals surface area contributed by atoms with Crippen LogP contribution in [0, 0.1) is 0 Å². The van der Waals surface area contributed by atoms with Crippen LogP contribution in [0.3, 0.4) is 0 Å². The summed E-state index contributed by atoms with van der Waals surface area (Å²) in [7, 11) is 0. The van der Waals surface area contributed by atoms with Gasteiger partial charge >= 0.3 is 0 Å². The van der Waals surface area contributed by atoms with E-state index in [9.17, 15) is 0 Å². The molecule has 3 aliphatic heterocycles. The third-order valence-corrected chi connectivity index (χ3v) is 10.4. The first-order valence-electron chi connectivity index (χ1n) is 12.7. The largest absolute Gasteiger partial charge is 0.334 e. The molecule has 0 N–H and O–H groups in total. The van der Waals surface area contributed by atoms with E-state index in [4.69, 9.17) is 0 Å². The van der Waals surface area contributed by atoms with Crippen LogP contribution in [0.5, 0.6) is 0 Å². The molecule has 8 rings (SSSR count). The van der Waals surface area contributed by atoms with E-state index < -0.39 is 0 Å². The van der Waals surface area contributed by atoms with E-state index in [0.29, 0.717) is 0 Å². The molecule has 0 radical (unpaired) electrons. The molecule has 4 heteroatoms. The summed E-state index contributed by atoms with van der Waals surface area (Å²) in [6.07, 6.45) is 7.11. The van der Waals surface area contributed by atoms with E-state index in [1.807, 2.05) is 23.1 Å². The van der Waals surface area contributed by atoms with Crippen LogP contribution in [0.4, 0.5) is 5.69 Å². The summed E-state index contributed by atoms with van der Waals surface area (Å²) < 4.78 is 3.94. The molecule has 0 aliphatic carbocycles. The predicted octanol–water partition coefficient (Wildman–Crippen LogP) is 8.46. The summed E-state index contributed by atoms with van der Waals surface area (Å²) in [5.74, 6) is 0. The van der Waals surface area contributed by atoms with Gasteiger partial charge in [-0.25, -0.2) is 0 Å². The SMILES string of the molecule is CC(=CC1=C2Sc3c(ccc4ccccc34)N2CC1)C=C1CC[n+]2c1sc1c3ccccc3ccc12. The molecule has 0 bridgehead atoms. The van der Waals surface area contributed by atoms with E-state index in [-0.39, 0.29) is 0 Å². The monoisotopic (exact) mass is 501 g/mol. The topological polar surface area (TPSA) is 7.12 Å². The lowest BCUT2D eigenvalue weighted by Crippen LogP contribution is -2.30. The Morgan fingerprint density at radius 1 is 0.889 bits per heavy atom. The number of allylic oxidation sites excluding steroid dienone is 4. The molecule has 0 saturated carbocycles. The quantitative estimate of drug-likeness (QED) is 0.224. The Morgan fingerprint density at radius 3 is 2.56 bits per heavy atom. The van der Waals surface area contributed by atoms with Crippen LogP contribution >= 0.6 is 23.1 Å².